The average Bonchev–Trinajstić information content (AvgIpc) is 3.07. The van der Waals surface area contributed by atoms with Crippen LogP contribution in [-0.2, 0) is 17.8 Å². The van der Waals surface area contributed by atoms with Crippen LogP contribution in [0.25, 0.3) is 10.2 Å². The first kappa shape index (κ1) is 23.6. The molecule has 7 nitrogen and oxygen atoms in total. The zero-order valence-corrected chi connectivity index (χ0v) is 19.8. The van der Waals surface area contributed by atoms with Gasteiger partial charge in [0.1, 0.15) is 16.5 Å². The van der Waals surface area contributed by atoms with Gasteiger partial charge in [-0.15, -0.1) is 11.3 Å². The van der Waals surface area contributed by atoms with Crippen molar-refractivity contribution in [1.29, 1.82) is 0 Å². The van der Waals surface area contributed by atoms with E-state index in [0.717, 1.165) is 59.3 Å². The summed E-state index contributed by atoms with van der Waals surface area (Å²) in [7, 11) is 0. The normalized spacial score (nSPS) is 14.7. The molecule has 3 heterocycles. The van der Waals surface area contributed by atoms with Gasteiger partial charge in [0.15, 0.2) is 11.5 Å². The highest BCUT2D eigenvalue weighted by atomic mass is 32.1. The predicted octanol–water partition coefficient (Wildman–Crippen LogP) is 4.75. The number of thiophene rings is 1. The summed E-state index contributed by atoms with van der Waals surface area (Å²) in [6.45, 7) is 7.68. The van der Waals surface area contributed by atoms with Gasteiger partial charge in [-0.25, -0.2) is 9.97 Å². The average molecular weight is 479 g/mol. The molecular formula is C23H28F2N4O3S. The van der Waals surface area contributed by atoms with Crippen molar-refractivity contribution in [3.05, 3.63) is 40.0 Å². The van der Waals surface area contributed by atoms with Crippen LogP contribution in [0.15, 0.2) is 18.2 Å². The van der Waals surface area contributed by atoms with Gasteiger partial charge < -0.3 is 19.5 Å². The number of ether oxygens (including phenoxy) is 3. The molecule has 0 atom stereocenters. The number of hydrogen-bond acceptors (Lipinski definition) is 8. The Labute approximate surface area is 195 Å². The van der Waals surface area contributed by atoms with Crippen molar-refractivity contribution in [3.63, 3.8) is 0 Å². The molecule has 1 fully saturated rings. The molecule has 1 aliphatic heterocycles. The maximum atomic E-state index is 12.7. The van der Waals surface area contributed by atoms with Crippen LogP contribution in [0, 0.1) is 13.8 Å². The second-order valence-corrected chi connectivity index (χ2v) is 8.99. The molecule has 0 aliphatic carbocycles. The van der Waals surface area contributed by atoms with Crippen molar-refractivity contribution in [2.45, 2.75) is 40.5 Å². The molecule has 0 spiro atoms. The molecule has 178 valence electrons. The van der Waals surface area contributed by atoms with E-state index >= 15 is 0 Å². The summed E-state index contributed by atoms with van der Waals surface area (Å²) in [5.41, 5.74) is 2.03. The van der Waals surface area contributed by atoms with E-state index in [-0.39, 0.29) is 5.75 Å². The van der Waals surface area contributed by atoms with Gasteiger partial charge in [0, 0.05) is 24.5 Å². The fourth-order valence-corrected chi connectivity index (χ4v) is 4.81. The summed E-state index contributed by atoms with van der Waals surface area (Å²) in [6, 6.07) is 4.96. The number of morpholine rings is 1. The SMILES string of the molecule is CCOc1cc(CNc2nc(CN3CCOCC3)nc3sc(C)c(C)c23)ccc1OC(F)F. The third-order valence-electron chi connectivity index (χ3n) is 5.53. The van der Waals surface area contributed by atoms with Gasteiger partial charge in [0.05, 0.1) is 31.8 Å². The van der Waals surface area contributed by atoms with Crippen molar-refractivity contribution in [3.8, 4) is 11.5 Å². The van der Waals surface area contributed by atoms with Crippen molar-refractivity contribution in [2.24, 2.45) is 0 Å². The van der Waals surface area contributed by atoms with E-state index in [2.05, 4.69) is 28.8 Å². The molecule has 3 aromatic rings. The highest BCUT2D eigenvalue weighted by molar-refractivity contribution is 7.18. The number of halogens is 2. The van der Waals surface area contributed by atoms with Crippen molar-refractivity contribution < 1.29 is 23.0 Å². The maximum absolute atomic E-state index is 12.7. The third-order valence-corrected chi connectivity index (χ3v) is 6.63. The predicted molar refractivity (Wildman–Crippen MR) is 125 cm³/mol. The van der Waals surface area contributed by atoms with Gasteiger partial charge in [0.2, 0.25) is 0 Å². The number of aromatic nitrogens is 2. The fraction of sp³-hybridized carbons (Fsp3) is 0.478. The monoisotopic (exact) mass is 478 g/mol. The molecule has 4 rings (SSSR count). The Morgan fingerprint density at radius 2 is 1.97 bits per heavy atom. The van der Waals surface area contributed by atoms with Crippen molar-refractivity contribution in [2.75, 3.05) is 38.2 Å². The summed E-state index contributed by atoms with van der Waals surface area (Å²) < 4.78 is 40.9. The quantitative estimate of drug-likeness (QED) is 0.476. The zero-order valence-electron chi connectivity index (χ0n) is 19.0. The highest BCUT2D eigenvalue weighted by Crippen LogP contribution is 2.34. The van der Waals surface area contributed by atoms with Gasteiger partial charge in [0.25, 0.3) is 0 Å². The van der Waals surface area contributed by atoms with Crippen LogP contribution in [0.1, 0.15) is 28.8 Å². The van der Waals surface area contributed by atoms with Crippen LogP contribution in [0.4, 0.5) is 14.6 Å². The van der Waals surface area contributed by atoms with E-state index in [1.165, 1.54) is 10.9 Å². The fourth-order valence-electron chi connectivity index (χ4n) is 3.76. The zero-order chi connectivity index (χ0) is 23.4. The van der Waals surface area contributed by atoms with Crippen LogP contribution in [-0.4, -0.2) is 54.4 Å². The number of rotatable bonds is 9. The summed E-state index contributed by atoms with van der Waals surface area (Å²) in [5, 5.41) is 4.45. The second-order valence-electron chi connectivity index (χ2n) is 7.79. The number of nitrogens with zero attached hydrogens (tertiary/aromatic N) is 3. The molecular weight excluding hydrogens is 450 g/mol. The first-order valence-electron chi connectivity index (χ1n) is 11.0. The van der Waals surface area contributed by atoms with Crippen molar-refractivity contribution in [1.82, 2.24) is 14.9 Å². The largest absolute Gasteiger partial charge is 0.490 e. The second kappa shape index (κ2) is 10.6. The minimum Gasteiger partial charge on any atom is -0.490 e. The highest BCUT2D eigenvalue weighted by Gasteiger charge is 2.18. The first-order chi connectivity index (χ1) is 15.9. The Morgan fingerprint density at radius 3 is 2.70 bits per heavy atom. The van der Waals surface area contributed by atoms with E-state index in [4.69, 9.17) is 19.4 Å². The summed E-state index contributed by atoms with van der Waals surface area (Å²) >= 11 is 1.67. The minimum atomic E-state index is -2.91. The minimum absolute atomic E-state index is 0.0251. The summed E-state index contributed by atoms with van der Waals surface area (Å²) in [5.74, 6) is 1.86. The number of benzene rings is 1. The molecule has 0 amide bonds. The molecule has 2 aromatic heterocycles. The third kappa shape index (κ3) is 5.69. The smallest absolute Gasteiger partial charge is 0.387 e. The Bertz CT molecular complexity index is 1100. The summed E-state index contributed by atoms with van der Waals surface area (Å²) in [4.78, 5) is 14.1. The molecule has 1 aliphatic rings. The Kier molecular flexibility index (Phi) is 7.56. The van der Waals surface area contributed by atoms with E-state index in [9.17, 15) is 8.78 Å². The number of alkyl halides is 2. The van der Waals surface area contributed by atoms with E-state index in [1.54, 1.807) is 30.4 Å². The standard InChI is InChI=1S/C23H28F2N4O3S/c1-4-31-18-11-16(5-6-17(18)32-23(24)25)12-26-21-20-14(2)15(3)33-22(20)28-19(27-21)13-29-7-9-30-10-8-29/h5-6,11,23H,4,7-10,12-13H2,1-3H3,(H,26,27,28). The topological polar surface area (TPSA) is 68.7 Å². The van der Waals surface area contributed by atoms with Gasteiger partial charge in [-0.3, -0.25) is 4.90 Å². The molecule has 0 unspecified atom stereocenters. The van der Waals surface area contributed by atoms with Crippen LogP contribution in [0.5, 0.6) is 11.5 Å². The van der Waals surface area contributed by atoms with Gasteiger partial charge in [-0.1, -0.05) is 6.07 Å². The Balaban J connectivity index is 1.58. The lowest BCUT2D eigenvalue weighted by molar-refractivity contribution is -0.0514. The number of fused-ring (bicyclic) bond motifs is 1. The maximum Gasteiger partial charge on any atom is 0.387 e. The van der Waals surface area contributed by atoms with E-state index in [0.29, 0.717) is 25.4 Å². The summed E-state index contributed by atoms with van der Waals surface area (Å²) in [6.07, 6.45) is 0. The lowest BCUT2D eigenvalue weighted by atomic mass is 10.2. The van der Waals surface area contributed by atoms with Gasteiger partial charge in [-0.2, -0.15) is 8.78 Å². The van der Waals surface area contributed by atoms with Crippen LogP contribution in [0.2, 0.25) is 0 Å². The lowest BCUT2D eigenvalue weighted by Crippen LogP contribution is -2.36. The van der Waals surface area contributed by atoms with Crippen LogP contribution in [0.3, 0.4) is 0 Å². The van der Waals surface area contributed by atoms with Gasteiger partial charge in [-0.05, 0) is 44.0 Å². The molecule has 10 heteroatoms. The molecule has 33 heavy (non-hydrogen) atoms. The number of nitrogens with one attached hydrogen (secondary N) is 1. The molecule has 0 saturated carbocycles. The molecule has 1 N–H and O–H groups in total. The van der Waals surface area contributed by atoms with E-state index in [1.807, 2.05) is 0 Å². The van der Waals surface area contributed by atoms with Crippen molar-refractivity contribution >= 4 is 27.4 Å². The van der Waals surface area contributed by atoms with Gasteiger partial charge >= 0.3 is 6.61 Å². The molecule has 0 bridgehead atoms. The van der Waals surface area contributed by atoms with Crippen LogP contribution >= 0.6 is 11.3 Å². The lowest BCUT2D eigenvalue weighted by Gasteiger charge is -2.25. The first-order valence-corrected chi connectivity index (χ1v) is 11.8. The Morgan fingerprint density at radius 1 is 1.18 bits per heavy atom. The number of anilines is 1. The number of hydrogen-bond donors (Lipinski definition) is 1. The number of aryl methyl sites for hydroxylation is 2. The van der Waals surface area contributed by atoms with Crippen LogP contribution < -0.4 is 14.8 Å². The Hall–Kier alpha value is -2.56. The molecule has 1 aromatic carbocycles. The molecule has 0 radical (unpaired) electrons. The van der Waals surface area contributed by atoms with E-state index < -0.39 is 6.61 Å². The molecule has 1 saturated heterocycles.